The number of anilines is 2. The SMILES string of the molecule is Cc1cccc(NC(=O)/C(C#N)=C/c2cc(Br)ccc2OCC(=O)Nc2cc(C)ccc2C)c1. The molecule has 0 fully saturated rings. The van der Waals surface area contributed by atoms with E-state index < -0.39 is 5.91 Å². The minimum absolute atomic E-state index is 0.0932. The number of nitrogens with zero attached hydrogens (tertiary/aromatic N) is 1. The van der Waals surface area contributed by atoms with Gasteiger partial charge in [-0.25, -0.2) is 0 Å². The monoisotopic (exact) mass is 517 g/mol. The molecule has 3 aromatic rings. The second kappa shape index (κ2) is 11.3. The van der Waals surface area contributed by atoms with E-state index >= 15 is 0 Å². The quantitative estimate of drug-likeness (QED) is 0.299. The van der Waals surface area contributed by atoms with Crippen molar-refractivity contribution in [2.45, 2.75) is 20.8 Å². The maximum absolute atomic E-state index is 12.7. The summed E-state index contributed by atoms with van der Waals surface area (Å²) in [5.74, 6) is -0.480. The van der Waals surface area contributed by atoms with Crippen molar-refractivity contribution in [3.05, 3.63) is 93.0 Å². The van der Waals surface area contributed by atoms with Crippen LogP contribution in [0.5, 0.6) is 5.75 Å². The number of aryl methyl sites for hydroxylation is 3. The van der Waals surface area contributed by atoms with Crippen molar-refractivity contribution in [3.63, 3.8) is 0 Å². The molecule has 0 bridgehead atoms. The zero-order valence-electron chi connectivity index (χ0n) is 19.1. The van der Waals surface area contributed by atoms with Gasteiger partial charge in [-0.1, -0.05) is 40.2 Å². The fraction of sp³-hybridized carbons (Fsp3) is 0.148. The lowest BCUT2D eigenvalue weighted by atomic mass is 10.1. The Morgan fingerprint density at radius 2 is 1.76 bits per heavy atom. The Balaban J connectivity index is 1.76. The largest absolute Gasteiger partial charge is 0.483 e. The molecule has 2 amide bonds. The fourth-order valence-electron chi connectivity index (χ4n) is 3.19. The number of carbonyl (C=O) groups excluding carboxylic acids is 2. The fourth-order valence-corrected chi connectivity index (χ4v) is 3.57. The van der Waals surface area contributed by atoms with Crippen LogP contribution in [0.15, 0.2) is 70.7 Å². The van der Waals surface area contributed by atoms with E-state index in [9.17, 15) is 14.9 Å². The Hall–Kier alpha value is -3.89. The molecule has 3 aromatic carbocycles. The van der Waals surface area contributed by atoms with Crippen molar-refractivity contribution in [2.24, 2.45) is 0 Å². The van der Waals surface area contributed by atoms with Crippen LogP contribution in [-0.4, -0.2) is 18.4 Å². The zero-order valence-corrected chi connectivity index (χ0v) is 20.7. The highest BCUT2D eigenvalue weighted by Crippen LogP contribution is 2.26. The van der Waals surface area contributed by atoms with Crippen LogP contribution in [0.25, 0.3) is 6.08 Å². The summed E-state index contributed by atoms with van der Waals surface area (Å²) in [5.41, 5.74) is 4.69. The van der Waals surface area contributed by atoms with Gasteiger partial charge in [-0.15, -0.1) is 0 Å². The van der Waals surface area contributed by atoms with E-state index in [2.05, 4.69) is 26.6 Å². The first-order valence-electron chi connectivity index (χ1n) is 10.5. The van der Waals surface area contributed by atoms with E-state index in [4.69, 9.17) is 4.74 Å². The Morgan fingerprint density at radius 3 is 2.50 bits per heavy atom. The highest BCUT2D eigenvalue weighted by molar-refractivity contribution is 9.10. The molecule has 7 heteroatoms. The molecule has 34 heavy (non-hydrogen) atoms. The molecular formula is C27H24BrN3O3. The van der Waals surface area contributed by atoms with Crippen molar-refractivity contribution >= 4 is 45.2 Å². The normalized spacial score (nSPS) is 10.9. The molecule has 0 saturated carbocycles. The summed E-state index contributed by atoms with van der Waals surface area (Å²) in [7, 11) is 0. The lowest BCUT2D eigenvalue weighted by Gasteiger charge is -2.12. The molecule has 6 nitrogen and oxygen atoms in total. The molecule has 0 aliphatic heterocycles. The first kappa shape index (κ1) is 24.7. The first-order chi connectivity index (χ1) is 16.2. The Morgan fingerprint density at radius 1 is 1.00 bits per heavy atom. The van der Waals surface area contributed by atoms with Gasteiger partial charge in [0.15, 0.2) is 6.61 Å². The molecule has 0 saturated heterocycles. The number of hydrogen-bond acceptors (Lipinski definition) is 4. The van der Waals surface area contributed by atoms with Crippen molar-refractivity contribution in [1.82, 2.24) is 0 Å². The number of nitriles is 1. The minimum Gasteiger partial charge on any atom is -0.483 e. The molecule has 3 rings (SSSR count). The van der Waals surface area contributed by atoms with Gasteiger partial charge in [0.05, 0.1) is 0 Å². The Kier molecular flexibility index (Phi) is 8.23. The van der Waals surface area contributed by atoms with Gasteiger partial charge in [0.2, 0.25) is 0 Å². The summed E-state index contributed by atoms with van der Waals surface area (Å²) in [6, 6.07) is 20.2. The van der Waals surface area contributed by atoms with Crippen LogP contribution in [0.1, 0.15) is 22.3 Å². The van der Waals surface area contributed by atoms with Gasteiger partial charge in [0, 0.05) is 21.4 Å². The predicted molar refractivity (Wildman–Crippen MR) is 138 cm³/mol. The van der Waals surface area contributed by atoms with Gasteiger partial charge in [-0.05, 0) is 79.9 Å². The summed E-state index contributed by atoms with van der Waals surface area (Å²) in [4.78, 5) is 25.1. The van der Waals surface area contributed by atoms with Crippen LogP contribution in [0, 0.1) is 32.1 Å². The Labute approximate surface area is 207 Å². The topological polar surface area (TPSA) is 91.2 Å². The number of rotatable bonds is 7. The molecule has 0 unspecified atom stereocenters. The number of benzene rings is 3. The third-order valence-corrected chi connectivity index (χ3v) is 5.43. The van der Waals surface area contributed by atoms with E-state index in [-0.39, 0.29) is 18.1 Å². The average Bonchev–Trinajstić information content (AvgIpc) is 2.79. The van der Waals surface area contributed by atoms with Crippen molar-refractivity contribution in [2.75, 3.05) is 17.2 Å². The smallest absolute Gasteiger partial charge is 0.266 e. The standard InChI is InChI=1S/C27H24BrN3O3/c1-17-5-4-6-23(11-17)30-27(33)21(15-29)13-20-14-22(28)9-10-25(20)34-16-26(32)31-24-12-18(2)7-8-19(24)3/h4-14H,16H2,1-3H3,(H,30,33)(H,31,32)/b21-13+. The highest BCUT2D eigenvalue weighted by atomic mass is 79.9. The molecule has 0 atom stereocenters. The average molecular weight is 518 g/mol. The first-order valence-corrected chi connectivity index (χ1v) is 11.3. The number of ether oxygens (including phenoxy) is 1. The maximum atomic E-state index is 12.7. The summed E-state index contributed by atoms with van der Waals surface area (Å²) < 4.78 is 6.48. The molecule has 0 heterocycles. The Bertz CT molecular complexity index is 1310. The zero-order chi connectivity index (χ0) is 24.7. The van der Waals surface area contributed by atoms with E-state index in [1.54, 1.807) is 24.3 Å². The molecule has 0 aromatic heterocycles. The second-order valence-electron chi connectivity index (χ2n) is 7.83. The van der Waals surface area contributed by atoms with Crippen molar-refractivity contribution in [3.8, 4) is 11.8 Å². The number of halogens is 1. The molecular weight excluding hydrogens is 494 g/mol. The van der Waals surface area contributed by atoms with Gasteiger partial charge >= 0.3 is 0 Å². The van der Waals surface area contributed by atoms with Gasteiger partial charge in [0.1, 0.15) is 17.4 Å². The molecule has 0 radical (unpaired) electrons. The lowest BCUT2D eigenvalue weighted by Crippen LogP contribution is -2.21. The van der Waals surface area contributed by atoms with E-state index in [0.717, 1.165) is 26.9 Å². The predicted octanol–water partition coefficient (Wildman–Crippen LogP) is 5.94. The van der Waals surface area contributed by atoms with Crippen molar-refractivity contribution in [1.29, 1.82) is 5.26 Å². The number of amides is 2. The van der Waals surface area contributed by atoms with E-state index in [1.165, 1.54) is 6.08 Å². The minimum atomic E-state index is -0.535. The summed E-state index contributed by atoms with van der Waals surface area (Å²) in [6.07, 6.45) is 1.44. The van der Waals surface area contributed by atoms with Crippen LogP contribution < -0.4 is 15.4 Å². The molecule has 0 aliphatic carbocycles. The number of nitrogens with one attached hydrogen (secondary N) is 2. The lowest BCUT2D eigenvalue weighted by molar-refractivity contribution is -0.118. The van der Waals surface area contributed by atoms with Gasteiger partial charge < -0.3 is 15.4 Å². The summed E-state index contributed by atoms with van der Waals surface area (Å²) >= 11 is 3.40. The molecule has 2 N–H and O–H groups in total. The van der Waals surface area contributed by atoms with Crippen LogP contribution >= 0.6 is 15.9 Å². The molecule has 172 valence electrons. The van der Waals surface area contributed by atoms with Crippen LogP contribution in [-0.2, 0) is 9.59 Å². The number of hydrogen-bond donors (Lipinski definition) is 2. The third kappa shape index (κ3) is 6.80. The summed E-state index contributed by atoms with van der Waals surface area (Å²) in [5, 5.41) is 15.2. The van der Waals surface area contributed by atoms with E-state index in [0.29, 0.717) is 17.0 Å². The van der Waals surface area contributed by atoms with Crippen molar-refractivity contribution < 1.29 is 14.3 Å². The van der Waals surface area contributed by atoms with Gasteiger partial charge in [0.25, 0.3) is 11.8 Å². The number of carbonyl (C=O) groups is 2. The van der Waals surface area contributed by atoms with Crippen LogP contribution in [0.4, 0.5) is 11.4 Å². The van der Waals surface area contributed by atoms with E-state index in [1.807, 2.05) is 63.2 Å². The molecule has 0 spiro atoms. The highest BCUT2D eigenvalue weighted by Gasteiger charge is 2.13. The van der Waals surface area contributed by atoms with Crippen LogP contribution in [0.3, 0.4) is 0 Å². The van der Waals surface area contributed by atoms with Gasteiger partial charge in [-0.3, -0.25) is 9.59 Å². The van der Waals surface area contributed by atoms with Crippen LogP contribution in [0.2, 0.25) is 0 Å². The third-order valence-electron chi connectivity index (χ3n) is 4.94. The molecule has 0 aliphatic rings. The maximum Gasteiger partial charge on any atom is 0.266 e. The second-order valence-corrected chi connectivity index (χ2v) is 8.75. The summed E-state index contributed by atoms with van der Waals surface area (Å²) in [6.45, 7) is 5.55. The van der Waals surface area contributed by atoms with Gasteiger partial charge in [-0.2, -0.15) is 5.26 Å².